The lowest BCUT2D eigenvalue weighted by Gasteiger charge is -2.42. The minimum atomic E-state index is -0.184. The van der Waals surface area contributed by atoms with E-state index in [1.807, 2.05) is 41.5 Å². The summed E-state index contributed by atoms with van der Waals surface area (Å²) < 4.78 is 0. The van der Waals surface area contributed by atoms with Crippen molar-refractivity contribution in [3.8, 4) is 0 Å². The zero-order valence-corrected chi connectivity index (χ0v) is 18.4. The first-order valence-corrected chi connectivity index (χ1v) is 9.80. The number of amidine groups is 1. The summed E-state index contributed by atoms with van der Waals surface area (Å²) in [5.41, 5.74) is 11.8. The molecule has 3 atom stereocenters. The van der Waals surface area contributed by atoms with Gasteiger partial charge < -0.3 is 25.8 Å². The first kappa shape index (κ1) is 21.0. The molecule has 160 valence electrons. The number of nitrogens with two attached hydrogens (primary N) is 2. The summed E-state index contributed by atoms with van der Waals surface area (Å²) in [6.07, 6.45) is 9.21. The second-order valence-electron chi connectivity index (χ2n) is 9.36. The fourth-order valence-electron chi connectivity index (χ4n) is 3.44. The van der Waals surface area contributed by atoms with E-state index < -0.39 is 0 Å². The van der Waals surface area contributed by atoms with Gasteiger partial charge in [0.25, 0.3) is 0 Å². The Balaban J connectivity index is 0.000000166. The smallest absolute Gasteiger partial charge is 0.206 e. The number of hydrogen-bond donors (Lipinski definition) is 3. The molecule has 0 bridgehead atoms. The molecule has 4 aliphatic heterocycles. The topological polar surface area (TPSA) is 114 Å². The Morgan fingerprint density at radius 1 is 0.931 bits per heavy atom. The molecule has 0 aliphatic carbocycles. The van der Waals surface area contributed by atoms with Crippen LogP contribution in [-0.4, -0.2) is 67.7 Å². The Kier molecular flexibility index (Phi) is 5.24. The molecule has 0 aromatic rings. The number of rotatable bonds is 0. The molecule has 4 aliphatic rings. The molecule has 10 nitrogen and oxygen atoms in total. The second-order valence-corrected chi connectivity index (χ2v) is 9.36. The highest BCUT2D eigenvalue weighted by Gasteiger charge is 2.38. The fourth-order valence-corrected chi connectivity index (χ4v) is 3.44. The standard InChI is InChI=1S/C10H19N5.C9H15N5/c1-7-12-8(11)14-5-6-15(9(14)13-7)10(2,3)4;1-9(2,3)14-5-4-13-7(10)11-6-12-8(13)14/h5-6,8-9H,11H2,1-4H3,(H,12,13);4-6,8H,1-3H3,(H2,10,11,12). The molecule has 4 heterocycles. The number of nitrogens with zero attached hydrogens (tertiary/aromatic N) is 7. The molecule has 0 saturated carbocycles. The average molecular weight is 403 g/mol. The van der Waals surface area contributed by atoms with Crippen LogP contribution < -0.4 is 16.8 Å². The second kappa shape index (κ2) is 7.25. The number of hydrogen-bond acceptors (Lipinski definition) is 10. The Morgan fingerprint density at radius 2 is 1.52 bits per heavy atom. The predicted octanol–water partition coefficient (Wildman–Crippen LogP) is 0.935. The molecule has 29 heavy (non-hydrogen) atoms. The van der Waals surface area contributed by atoms with Crippen LogP contribution in [0.5, 0.6) is 0 Å². The molecule has 0 radical (unpaired) electrons. The molecule has 3 unspecified atom stereocenters. The lowest BCUT2D eigenvalue weighted by Crippen LogP contribution is -2.61. The quantitative estimate of drug-likeness (QED) is 0.552. The summed E-state index contributed by atoms with van der Waals surface area (Å²) in [5.74, 6) is 1.38. The molecular formula is C19H34N10. The van der Waals surface area contributed by atoms with E-state index in [4.69, 9.17) is 11.5 Å². The van der Waals surface area contributed by atoms with E-state index in [9.17, 15) is 0 Å². The van der Waals surface area contributed by atoms with Crippen molar-refractivity contribution in [2.75, 3.05) is 0 Å². The van der Waals surface area contributed by atoms with Gasteiger partial charge in [0.1, 0.15) is 12.2 Å². The van der Waals surface area contributed by atoms with E-state index in [0.29, 0.717) is 5.96 Å². The van der Waals surface area contributed by atoms with Crippen LogP contribution in [-0.2, 0) is 0 Å². The summed E-state index contributed by atoms with van der Waals surface area (Å²) in [6, 6.07) is 0. The van der Waals surface area contributed by atoms with Crippen LogP contribution in [0.3, 0.4) is 0 Å². The van der Waals surface area contributed by atoms with Gasteiger partial charge in [0.2, 0.25) is 18.5 Å². The summed E-state index contributed by atoms with van der Waals surface area (Å²) in [5, 5.41) is 3.10. The van der Waals surface area contributed by atoms with Gasteiger partial charge in [0.05, 0.1) is 0 Å². The van der Waals surface area contributed by atoms with Crippen LogP contribution in [0.25, 0.3) is 0 Å². The van der Waals surface area contributed by atoms with Gasteiger partial charge in [-0.1, -0.05) is 0 Å². The largest absolute Gasteiger partial charge is 0.369 e. The maximum absolute atomic E-state index is 5.97. The number of aliphatic imine (C=N–C) groups is 3. The molecule has 0 aromatic carbocycles. The molecule has 4 rings (SSSR count). The maximum Gasteiger partial charge on any atom is 0.206 e. The van der Waals surface area contributed by atoms with Gasteiger partial charge in [-0.15, -0.1) is 0 Å². The zero-order chi connectivity index (χ0) is 21.6. The zero-order valence-electron chi connectivity index (χ0n) is 18.4. The van der Waals surface area contributed by atoms with Crippen molar-refractivity contribution in [3.05, 3.63) is 24.8 Å². The van der Waals surface area contributed by atoms with Crippen molar-refractivity contribution < 1.29 is 0 Å². The fraction of sp³-hybridized carbons (Fsp3) is 0.632. The molecule has 0 amide bonds. The van der Waals surface area contributed by atoms with Crippen LogP contribution in [0.4, 0.5) is 0 Å². The van der Waals surface area contributed by atoms with E-state index in [2.05, 4.69) is 71.6 Å². The van der Waals surface area contributed by atoms with Crippen LogP contribution in [0.15, 0.2) is 39.8 Å². The van der Waals surface area contributed by atoms with Gasteiger partial charge in [0.15, 0.2) is 6.29 Å². The predicted molar refractivity (Wildman–Crippen MR) is 117 cm³/mol. The van der Waals surface area contributed by atoms with Crippen LogP contribution in [0, 0.1) is 0 Å². The molecule has 0 fully saturated rings. The highest BCUT2D eigenvalue weighted by Crippen LogP contribution is 2.28. The first-order chi connectivity index (χ1) is 13.4. The molecule has 0 saturated heterocycles. The average Bonchev–Trinajstić information content (AvgIpc) is 3.19. The van der Waals surface area contributed by atoms with Crippen LogP contribution >= 0.6 is 0 Å². The molecule has 5 N–H and O–H groups in total. The molecular weight excluding hydrogens is 368 g/mol. The van der Waals surface area contributed by atoms with Gasteiger partial charge in [-0.05, 0) is 48.5 Å². The molecule has 0 spiro atoms. The monoisotopic (exact) mass is 402 g/mol. The van der Waals surface area contributed by atoms with E-state index >= 15 is 0 Å². The summed E-state index contributed by atoms with van der Waals surface area (Å²) >= 11 is 0. The Bertz CT molecular complexity index is 767. The van der Waals surface area contributed by atoms with Gasteiger partial charge in [0, 0.05) is 35.9 Å². The highest BCUT2D eigenvalue weighted by atomic mass is 15.6. The highest BCUT2D eigenvalue weighted by molar-refractivity contribution is 5.88. The van der Waals surface area contributed by atoms with Crippen molar-refractivity contribution in [3.63, 3.8) is 0 Å². The van der Waals surface area contributed by atoms with E-state index in [0.717, 1.165) is 5.84 Å². The van der Waals surface area contributed by atoms with E-state index in [1.54, 1.807) is 0 Å². The summed E-state index contributed by atoms with van der Waals surface area (Å²) in [6.45, 7) is 14.9. The molecule has 0 aromatic heterocycles. The van der Waals surface area contributed by atoms with Crippen LogP contribution in [0.1, 0.15) is 48.5 Å². The SMILES string of the molecule is CC(C)(C)N1C=CN2C(N)=NC=NC21.CC1=NC2N(C=CN2C(C)(C)C)C(N)N1. The number of fused-ring (bicyclic) bond motifs is 2. The van der Waals surface area contributed by atoms with Crippen molar-refractivity contribution in [1.29, 1.82) is 0 Å². The van der Waals surface area contributed by atoms with E-state index in [-0.39, 0.29) is 29.9 Å². The number of guanidine groups is 1. The molecule has 10 heteroatoms. The van der Waals surface area contributed by atoms with Gasteiger partial charge in [-0.25, -0.2) is 15.0 Å². The van der Waals surface area contributed by atoms with Gasteiger partial charge in [-0.2, -0.15) is 0 Å². The first-order valence-electron chi connectivity index (χ1n) is 9.80. The third-order valence-electron chi connectivity index (χ3n) is 4.99. The third kappa shape index (κ3) is 4.16. The van der Waals surface area contributed by atoms with Gasteiger partial charge >= 0.3 is 0 Å². The summed E-state index contributed by atoms with van der Waals surface area (Å²) in [4.78, 5) is 21.0. The maximum atomic E-state index is 5.97. The summed E-state index contributed by atoms with van der Waals surface area (Å²) in [7, 11) is 0. The Hall–Kier alpha value is -2.75. The van der Waals surface area contributed by atoms with Crippen molar-refractivity contribution in [1.82, 2.24) is 24.9 Å². The lowest BCUT2D eigenvalue weighted by molar-refractivity contribution is 0.0502. The van der Waals surface area contributed by atoms with Crippen LogP contribution in [0.2, 0.25) is 0 Å². The van der Waals surface area contributed by atoms with Crippen molar-refractivity contribution >= 4 is 18.1 Å². The minimum absolute atomic E-state index is 0.00116. The van der Waals surface area contributed by atoms with Gasteiger partial charge in [-0.3, -0.25) is 10.6 Å². The number of nitrogens with one attached hydrogen (secondary N) is 1. The Morgan fingerprint density at radius 3 is 2.14 bits per heavy atom. The minimum Gasteiger partial charge on any atom is -0.369 e. The lowest BCUT2D eigenvalue weighted by atomic mass is 10.1. The van der Waals surface area contributed by atoms with Crippen molar-refractivity contribution in [2.45, 2.75) is 78.4 Å². The normalized spacial score (nSPS) is 27.8. The Labute approximate surface area is 173 Å². The van der Waals surface area contributed by atoms with Crippen molar-refractivity contribution in [2.24, 2.45) is 26.4 Å². The third-order valence-corrected chi connectivity index (χ3v) is 4.99. The van der Waals surface area contributed by atoms with E-state index in [1.165, 1.54) is 6.34 Å².